The summed E-state index contributed by atoms with van der Waals surface area (Å²) in [5.74, 6) is -0.734. The van der Waals surface area contributed by atoms with E-state index in [1.165, 1.54) is 6.20 Å². The molecule has 0 bridgehead atoms. The zero-order valence-electron chi connectivity index (χ0n) is 17.5. The molecule has 0 saturated heterocycles. The molecule has 0 fully saturated rings. The van der Waals surface area contributed by atoms with Crippen molar-refractivity contribution >= 4 is 23.4 Å². The quantitative estimate of drug-likeness (QED) is 0.288. The number of aromatic nitrogens is 1. The van der Waals surface area contributed by atoms with E-state index in [2.05, 4.69) is 28.3 Å². The van der Waals surface area contributed by atoms with E-state index in [0.29, 0.717) is 5.69 Å². The molecule has 0 radical (unpaired) electrons. The highest BCUT2D eigenvalue weighted by atomic mass is 16.6. The normalized spacial score (nSPS) is 18.1. The van der Waals surface area contributed by atoms with E-state index in [4.69, 9.17) is 9.47 Å². The second-order valence-electron chi connectivity index (χ2n) is 6.64. The summed E-state index contributed by atoms with van der Waals surface area (Å²) in [5, 5.41) is 6.34. The molecule has 0 amide bonds. The molecule has 1 heterocycles. The van der Waals surface area contributed by atoms with E-state index in [-0.39, 0.29) is 24.8 Å². The summed E-state index contributed by atoms with van der Waals surface area (Å²) in [7, 11) is 0. The van der Waals surface area contributed by atoms with Crippen LogP contribution < -0.4 is 10.6 Å². The van der Waals surface area contributed by atoms with Gasteiger partial charge in [0.05, 0.1) is 25.1 Å². The number of anilines is 2. The molecule has 7 nitrogen and oxygen atoms in total. The lowest BCUT2D eigenvalue weighted by Gasteiger charge is -2.19. The first-order chi connectivity index (χ1) is 14.5. The SMILES string of the molecule is C=C1/C=C\C=C/CCC(Nc2ccc(NC=C(C(=O)OCC)C(=O)OCC)cn2)C1. The van der Waals surface area contributed by atoms with Crippen molar-refractivity contribution in [3.05, 3.63) is 66.6 Å². The first kappa shape index (κ1) is 22.9. The molecule has 30 heavy (non-hydrogen) atoms. The number of hydrogen-bond acceptors (Lipinski definition) is 7. The Hall–Kier alpha value is -3.35. The van der Waals surface area contributed by atoms with Crippen LogP contribution in [-0.2, 0) is 19.1 Å². The molecule has 1 unspecified atom stereocenters. The maximum absolute atomic E-state index is 12.0. The van der Waals surface area contributed by atoms with Gasteiger partial charge in [-0.2, -0.15) is 0 Å². The molecule has 7 heteroatoms. The van der Waals surface area contributed by atoms with Crippen LogP contribution in [0.25, 0.3) is 0 Å². The van der Waals surface area contributed by atoms with Crippen molar-refractivity contribution < 1.29 is 19.1 Å². The lowest BCUT2D eigenvalue weighted by atomic mass is 10.0. The molecule has 0 spiro atoms. The van der Waals surface area contributed by atoms with E-state index in [1.54, 1.807) is 20.0 Å². The first-order valence-electron chi connectivity index (χ1n) is 10.1. The molecule has 0 saturated carbocycles. The van der Waals surface area contributed by atoms with Gasteiger partial charge >= 0.3 is 11.9 Å². The number of rotatable bonds is 8. The highest BCUT2D eigenvalue weighted by Crippen LogP contribution is 2.18. The monoisotopic (exact) mass is 411 g/mol. The Morgan fingerprint density at radius 1 is 1.20 bits per heavy atom. The van der Waals surface area contributed by atoms with E-state index < -0.39 is 11.9 Å². The van der Waals surface area contributed by atoms with Gasteiger partial charge in [0.15, 0.2) is 5.57 Å². The largest absolute Gasteiger partial charge is 0.462 e. The summed E-state index contributed by atoms with van der Waals surface area (Å²) in [4.78, 5) is 28.4. The molecule has 1 aromatic rings. The van der Waals surface area contributed by atoms with Gasteiger partial charge in [-0.1, -0.05) is 36.5 Å². The minimum absolute atomic E-state index is 0.163. The van der Waals surface area contributed by atoms with Gasteiger partial charge in [0.2, 0.25) is 0 Å². The predicted molar refractivity (Wildman–Crippen MR) is 118 cm³/mol. The summed E-state index contributed by atoms with van der Waals surface area (Å²) in [6.45, 7) is 7.75. The van der Waals surface area contributed by atoms with Crippen LogP contribution in [0.3, 0.4) is 0 Å². The molecule has 0 aliphatic heterocycles. The van der Waals surface area contributed by atoms with Gasteiger partial charge < -0.3 is 20.1 Å². The zero-order valence-corrected chi connectivity index (χ0v) is 17.5. The van der Waals surface area contributed by atoms with Crippen molar-refractivity contribution in [2.75, 3.05) is 23.8 Å². The third kappa shape index (κ3) is 7.58. The van der Waals surface area contributed by atoms with Crippen LogP contribution in [0, 0.1) is 0 Å². The van der Waals surface area contributed by atoms with Crippen LogP contribution in [-0.4, -0.2) is 36.2 Å². The summed E-state index contributed by atoms with van der Waals surface area (Å²) >= 11 is 0. The molecule has 1 aromatic heterocycles. The van der Waals surface area contributed by atoms with Gasteiger partial charge in [-0.3, -0.25) is 0 Å². The molecule has 1 aliphatic carbocycles. The van der Waals surface area contributed by atoms with Crippen LogP contribution in [0.4, 0.5) is 11.5 Å². The highest BCUT2D eigenvalue weighted by Gasteiger charge is 2.21. The Morgan fingerprint density at radius 2 is 1.93 bits per heavy atom. The summed E-state index contributed by atoms with van der Waals surface area (Å²) in [6, 6.07) is 3.88. The highest BCUT2D eigenvalue weighted by molar-refractivity contribution is 6.14. The topological polar surface area (TPSA) is 89.6 Å². The molecular formula is C23H29N3O4. The number of carbonyl (C=O) groups excluding carboxylic acids is 2. The number of ether oxygens (including phenoxy) is 2. The number of hydrogen-bond donors (Lipinski definition) is 2. The second kappa shape index (κ2) is 12.3. The zero-order chi connectivity index (χ0) is 21.8. The van der Waals surface area contributed by atoms with E-state index >= 15 is 0 Å². The van der Waals surface area contributed by atoms with Gasteiger partial charge in [0, 0.05) is 12.2 Å². The maximum atomic E-state index is 12.0. The minimum Gasteiger partial charge on any atom is -0.462 e. The van der Waals surface area contributed by atoms with Crippen molar-refractivity contribution in [3.63, 3.8) is 0 Å². The molecule has 2 N–H and O–H groups in total. The number of esters is 2. The lowest BCUT2D eigenvalue weighted by Crippen LogP contribution is -2.20. The smallest absolute Gasteiger partial charge is 0.347 e. The minimum atomic E-state index is -0.738. The van der Waals surface area contributed by atoms with E-state index in [0.717, 1.165) is 30.7 Å². The number of pyridine rings is 1. The number of carbonyl (C=O) groups is 2. The van der Waals surface area contributed by atoms with Crippen molar-refractivity contribution in [3.8, 4) is 0 Å². The van der Waals surface area contributed by atoms with Crippen LogP contribution in [0.2, 0.25) is 0 Å². The van der Waals surface area contributed by atoms with Gasteiger partial charge in [-0.15, -0.1) is 0 Å². The Kier molecular flexibility index (Phi) is 9.37. The van der Waals surface area contributed by atoms with Crippen LogP contribution >= 0.6 is 0 Å². The Bertz CT molecular complexity index is 805. The second-order valence-corrected chi connectivity index (χ2v) is 6.64. The van der Waals surface area contributed by atoms with Crippen LogP contribution in [0.1, 0.15) is 33.1 Å². The molecule has 1 aliphatic rings. The number of allylic oxidation sites excluding steroid dienone is 4. The molecule has 1 atom stereocenters. The lowest BCUT2D eigenvalue weighted by molar-refractivity contribution is -0.146. The fraction of sp³-hybridized carbons (Fsp3) is 0.348. The van der Waals surface area contributed by atoms with Gasteiger partial charge in [0.1, 0.15) is 5.82 Å². The predicted octanol–water partition coefficient (Wildman–Crippen LogP) is 4.14. The fourth-order valence-corrected chi connectivity index (χ4v) is 2.82. The fourth-order valence-electron chi connectivity index (χ4n) is 2.82. The van der Waals surface area contributed by atoms with Crippen molar-refractivity contribution in [1.82, 2.24) is 4.98 Å². The third-order valence-corrected chi connectivity index (χ3v) is 4.26. The molecular weight excluding hydrogens is 382 g/mol. The van der Waals surface area contributed by atoms with Crippen LogP contribution in [0.15, 0.2) is 66.6 Å². The summed E-state index contributed by atoms with van der Waals surface area (Å²) < 4.78 is 9.82. The Morgan fingerprint density at radius 3 is 2.57 bits per heavy atom. The van der Waals surface area contributed by atoms with E-state index in [9.17, 15) is 9.59 Å². The number of nitrogens with one attached hydrogen (secondary N) is 2. The molecule has 2 rings (SSSR count). The van der Waals surface area contributed by atoms with Crippen molar-refractivity contribution in [2.24, 2.45) is 0 Å². The van der Waals surface area contributed by atoms with E-state index in [1.807, 2.05) is 30.4 Å². The summed E-state index contributed by atoms with van der Waals surface area (Å²) in [6.07, 6.45) is 13.9. The average Bonchev–Trinajstić information content (AvgIpc) is 2.81. The standard InChI is InChI=1S/C23H29N3O4/c1-4-29-22(27)20(23(28)30-5-2)16-24-19-12-13-21(25-15-19)26-18-11-9-7-6-8-10-17(3)14-18/h6-8,10,12-13,15-16,18,24H,3-5,9,11,14H2,1-2H3,(H,25,26)/b7-6-,10-8-. The Labute approximate surface area is 177 Å². The van der Waals surface area contributed by atoms with Crippen LogP contribution in [0.5, 0.6) is 0 Å². The first-order valence-corrected chi connectivity index (χ1v) is 10.1. The van der Waals surface area contributed by atoms with Crippen molar-refractivity contribution in [2.45, 2.75) is 39.2 Å². The van der Waals surface area contributed by atoms with Crippen molar-refractivity contribution in [1.29, 1.82) is 0 Å². The third-order valence-electron chi connectivity index (χ3n) is 4.26. The van der Waals surface area contributed by atoms with Gasteiger partial charge in [-0.05, 0) is 45.2 Å². The van der Waals surface area contributed by atoms with Gasteiger partial charge in [0.25, 0.3) is 0 Å². The summed E-state index contributed by atoms with van der Waals surface area (Å²) in [5.41, 5.74) is 1.48. The molecule has 0 aromatic carbocycles. The Balaban J connectivity index is 2.03. The average molecular weight is 412 g/mol. The maximum Gasteiger partial charge on any atom is 0.347 e. The van der Waals surface area contributed by atoms with Gasteiger partial charge in [-0.25, -0.2) is 14.6 Å². The molecule has 160 valence electrons. The number of nitrogens with zero attached hydrogens (tertiary/aromatic N) is 1.